The number of benzene rings is 1. The van der Waals surface area contributed by atoms with Gasteiger partial charge in [0.2, 0.25) is 0 Å². The molecule has 0 fully saturated rings. The van der Waals surface area contributed by atoms with Crippen LogP contribution < -0.4 is 11.1 Å². The number of pyridine rings is 1. The Bertz CT molecular complexity index is 1120. The van der Waals surface area contributed by atoms with Gasteiger partial charge in [-0.1, -0.05) is 23.9 Å². The zero-order chi connectivity index (χ0) is 20.9. The van der Waals surface area contributed by atoms with Gasteiger partial charge in [0.25, 0.3) is 5.91 Å². The van der Waals surface area contributed by atoms with E-state index in [0.717, 1.165) is 4.90 Å². The zero-order valence-corrected chi connectivity index (χ0v) is 17.7. The maximum atomic E-state index is 12.9. The van der Waals surface area contributed by atoms with Gasteiger partial charge in [0.1, 0.15) is 23.3 Å². The molecule has 0 bridgehead atoms. The lowest BCUT2D eigenvalue weighted by Crippen LogP contribution is -2.15. The molecule has 1 aromatic carbocycles. The second-order valence-electron chi connectivity index (χ2n) is 5.80. The van der Waals surface area contributed by atoms with E-state index in [1.54, 1.807) is 23.7 Å². The fourth-order valence-corrected chi connectivity index (χ4v) is 4.47. The van der Waals surface area contributed by atoms with Crippen LogP contribution in [-0.2, 0) is 0 Å². The molecule has 0 aliphatic rings. The first-order chi connectivity index (χ1) is 14.6. The Morgan fingerprint density at radius 1 is 1.20 bits per heavy atom. The molecule has 4 aromatic rings. The van der Waals surface area contributed by atoms with Gasteiger partial charge >= 0.3 is 0 Å². The van der Waals surface area contributed by atoms with E-state index in [4.69, 9.17) is 5.73 Å². The van der Waals surface area contributed by atoms with Gasteiger partial charge in [0, 0.05) is 21.4 Å². The van der Waals surface area contributed by atoms with Crippen LogP contribution in [0.5, 0.6) is 0 Å². The van der Waals surface area contributed by atoms with E-state index in [1.807, 2.05) is 24.3 Å². The van der Waals surface area contributed by atoms with Crippen molar-refractivity contribution >= 4 is 45.9 Å². The summed E-state index contributed by atoms with van der Waals surface area (Å²) in [7, 11) is 0. The van der Waals surface area contributed by atoms with Crippen molar-refractivity contribution in [1.82, 2.24) is 25.1 Å². The van der Waals surface area contributed by atoms with Gasteiger partial charge in [0.05, 0.1) is 0 Å². The van der Waals surface area contributed by atoms with Crippen molar-refractivity contribution in [2.24, 2.45) is 5.73 Å². The fourth-order valence-electron chi connectivity index (χ4n) is 2.38. The van der Waals surface area contributed by atoms with Crippen molar-refractivity contribution in [3.63, 3.8) is 0 Å². The molecule has 0 spiro atoms. The summed E-state index contributed by atoms with van der Waals surface area (Å²) in [5.74, 6) is -0.360. The van der Waals surface area contributed by atoms with Gasteiger partial charge in [-0.3, -0.25) is 10.1 Å². The molecular weight excluding hydrogens is 442 g/mol. The highest BCUT2D eigenvalue weighted by Crippen LogP contribution is 2.33. The molecule has 152 valence electrons. The van der Waals surface area contributed by atoms with Gasteiger partial charge in [-0.15, -0.1) is 21.5 Å². The number of anilines is 1. The van der Waals surface area contributed by atoms with Crippen LogP contribution >= 0.6 is 34.9 Å². The predicted octanol–water partition coefficient (Wildman–Crippen LogP) is 3.16. The smallest absolute Gasteiger partial charge is 0.277 e. The van der Waals surface area contributed by atoms with Gasteiger partial charge in [-0.2, -0.15) is 0 Å². The molecule has 9 nitrogen and oxygen atoms in total. The maximum absolute atomic E-state index is 12.9. The number of nitrogens with one attached hydrogen (secondary N) is 2. The lowest BCUT2D eigenvalue weighted by molar-refractivity contribution is 0.101. The standard InChI is InChI=1S/C18H15N7O2S3/c19-15(26)10-1-3-11(4-2-10)29-12-5-6-13(30-18-21-9-22-25-18)23-14(12)16(27)24-17-20-7-8-28-17/h1-9,15,26H,19H2,(H,20,24,27)(H,21,22,25). The number of aromatic nitrogens is 5. The maximum Gasteiger partial charge on any atom is 0.277 e. The largest absolute Gasteiger partial charge is 0.375 e. The number of rotatable bonds is 7. The molecule has 0 aliphatic heterocycles. The minimum atomic E-state index is -1.03. The molecule has 3 heterocycles. The fraction of sp³-hybridized carbons (Fsp3) is 0.0556. The van der Waals surface area contributed by atoms with Crippen LogP contribution in [0, 0.1) is 0 Å². The van der Waals surface area contributed by atoms with Crippen LogP contribution in [0.25, 0.3) is 0 Å². The van der Waals surface area contributed by atoms with Crippen molar-refractivity contribution in [2.75, 3.05) is 5.32 Å². The van der Waals surface area contributed by atoms with E-state index in [-0.39, 0.29) is 11.6 Å². The van der Waals surface area contributed by atoms with Crippen LogP contribution in [0.1, 0.15) is 22.3 Å². The first-order valence-corrected chi connectivity index (χ1v) is 11.1. The molecule has 0 saturated carbocycles. The second kappa shape index (κ2) is 9.36. The number of hydrogen-bond acceptors (Lipinski definition) is 10. The van der Waals surface area contributed by atoms with E-state index in [9.17, 15) is 9.90 Å². The summed E-state index contributed by atoms with van der Waals surface area (Å²) in [6, 6.07) is 10.8. The first kappa shape index (κ1) is 20.5. The van der Waals surface area contributed by atoms with Crippen LogP contribution in [0.2, 0.25) is 0 Å². The average Bonchev–Trinajstić information content (AvgIpc) is 3.44. The first-order valence-electron chi connectivity index (χ1n) is 8.56. The van der Waals surface area contributed by atoms with Crippen LogP contribution in [0.15, 0.2) is 74.3 Å². The lowest BCUT2D eigenvalue weighted by atomic mass is 10.2. The van der Waals surface area contributed by atoms with Crippen molar-refractivity contribution in [1.29, 1.82) is 0 Å². The third-order valence-electron chi connectivity index (χ3n) is 3.75. The third kappa shape index (κ3) is 5.04. The summed E-state index contributed by atoms with van der Waals surface area (Å²) >= 11 is 3.98. The Balaban J connectivity index is 1.62. The molecule has 3 aromatic heterocycles. The number of aliphatic hydroxyl groups excluding tert-OH is 1. The van der Waals surface area contributed by atoms with E-state index in [1.165, 1.54) is 41.2 Å². The molecule has 1 amide bonds. The highest BCUT2D eigenvalue weighted by atomic mass is 32.2. The summed E-state index contributed by atoms with van der Waals surface area (Å²) < 4.78 is 0. The van der Waals surface area contributed by atoms with Gasteiger partial charge < -0.3 is 15.8 Å². The molecular formula is C18H15N7O2S3. The van der Waals surface area contributed by atoms with Crippen molar-refractivity contribution in [3.8, 4) is 0 Å². The minimum Gasteiger partial charge on any atom is -0.375 e. The number of hydrogen-bond donors (Lipinski definition) is 4. The molecule has 30 heavy (non-hydrogen) atoms. The van der Waals surface area contributed by atoms with Crippen molar-refractivity contribution in [3.05, 3.63) is 65.6 Å². The highest BCUT2D eigenvalue weighted by Gasteiger charge is 2.18. The number of H-pyrrole nitrogens is 1. The monoisotopic (exact) mass is 457 g/mol. The Hall–Kier alpha value is -2.77. The normalized spacial score (nSPS) is 11.9. The molecule has 4 rings (SSSR count). The minimum absolute atomic E-state index is 0.266. The van der Waals surface area contributed by atoms with Crippen molar-refractivity contribution in [2.45, 2.75) is 26.2 Å². The van der Waals surface area contributed by atoms with Gasteiger partial charge in [-0.05, 0) is 41.6 Å². The number of carbonyl (C=O) groups excluding carboxylic acids is 1. The Morgan fingerprint density at radius 3 is 2.70 bits per heavy atom. The van der Waals surface area contributed by atoms with Gasteiger partial charge in [-0.25, -0.2) is 9.97 Å². The summed E-state index contributed by atoms with van der Waals surface area (Å²) in [6.45, 7) is 0. The second-order valence-corrected chi connectivity index (χ2v) is 8.82. The number of amides is 1. The van der Waals surface area contributed by atoms with E-state index < -0.39 is 6.23 Å². The zero-order valence-electron chi connectivity index (χ0n) is 15.2. The van der Waals surface area contributed by atoms with E-state index >= 15 is 0 Å². The van der Waals surface area contributed by atoms with Crippen LogP contribution in [0.4, 0.5) is 5.13 Å². The number of aromatic amines is 1. The van der Waals surface area contributed by atoms with Gasteiger partial charge in [0.15, 0.2) is 10.3 Å². The summed E-state index contributed by atoms with van der Waals surface area (Å²) in [6.07, 6.45) is 2.06. The Kier molecular flexibility index (Phi) is 6.40. The molecule has 1 atom stereocenters. The Morgan fingerprint density at radius 2 is 2.03 bits per heavy atom. The predicted molar refractivity (Wildman–Crippen MR) is 115 cm³/mol. The SMILES string of the molecule is NC(O)c1ccc(Sc2ccc(Sc3nnc[nH]3)nc2C(=O)Nc2nccs2)cc1. The van der Waals surface area contributed by atoms with E-state index in [2.05, 4.69) is 30.5 Å². The molecule has 1 unspecified atom stereocenters. The van der Waals surface area contributed by atoms with Crippen LogP contribution in [0.3, 0.4) is 0 Å². The summed E-state index contributed by atoms with van der Waals surface area (Å²) in [5, 5.41) is 23.4. The number of aliphatic hydroxyl groups is 1. The molecule has 5 N–H and O–H groups in total. The Labute approximate surface area is 183 Å². The average molecular weight is 458 g/mol. The number of nitrogens with zero attached hydrogens (tertiary/aromatic N) is 4. The molecule has 0 radical (unpaired) electrons. The topological polar surface area (TPSA) is 143 Å². The van der Waals surface area contributed by atoms with Crippen LogP contribution in [-0.4, -0.2) is 36.2 Å². The molecule has 0 aliphatic carbocycles. The molecule has 0 saturated heterocycles. The number of carbonyl (C=O) groups is 1. The van der Waals surface area contributed by atoms with E-state index in [0.29, 0.717) is 25.8 Å². The summed E-state index contributed by atoms with van der Waals surface area (Å²) in [4.78, 5) is 26.0. The number of nitrogens with two attached hydrogens (primary N) is 1. The lowest BCUT2D eigenvalue weighted by Gasteiger charge is -2.10. The highest BCUT2D eigenvalue weighted by molar-refractivity contribution is 7.99. The van der Waals surface area contributed by atoms with Crippen molar-refractivity contribution < 1.29 is 9.90 Å². The summed E-state index contributed by atoms with van der Waals surface area (Å²) in [5.41, 5.74) is 6.36. The molecule has 12 heteroatoms. The number of thiazole rings is 1. The third-order valence-corrected chi connectivity index (χ3v) is 6.32. The quantitative estimate of drug-likeness (QED) is 0.308.